The Morgan fingerprint density at radius 3 is 2.63 bits per heavy atom. The number of nitrogen functional groups attached to an aromatic ring is 1. The molecule has 0 spiro atoms. The highest BCUT2D eigenvalue weighted by molar-refractivity contribution is 5.75. The van der Waals surface area contributed by atoms with Crippen molar-refractivity contribution < 1.29 is 14.3 Å². The SMILES string of the molecule is COCCOCCC(=O)NCCc1ccc(N)cc1. The maximum atomic E-state index is 11.5. The minimum atomic E-state index is 0.00728. The Morgan fingerprint density at radius 2 is 1.95 bits per heavy atom. The second kappa shape index (κ2) is 9.35. The number of carbonyl (C=O) groups excluding carboxylic acids is 1. The first-order chi connectivity index (χ1) is 9.22. The van der Waals surface area contributed by atoms with Crippen LogP contribution in [-0.4, -0.2) is 39.4 Å². The van der Waals surface area contributed by atoms with Crippen molar-refractivity contribution in [2.45, 2.75) is 12.8 Å². The standard InChI is InChI=1S/C14H22N2O3/c1-18-10-11-19-9-7-14(17)16-8-6-12-2-4-13(15)5-3-12/h2-5H,6-11,15H2,1H3,(H,16,17). The van der Waals surface area contributed by atoms with E-state index in [0.717, 1.165) is 17.7 Å². The van der Waals surface area contributed by atoms with E-state index in [2.05, 4.69) is 5.32 Å². The molecule has 1 rings (SSSR count). The van der Waals surface area contributed by atoms with Gasteiger partial charge in [0.05, 0.1) is 19.8 Å². The van der Waals surface area contributed by atoms with E-state index in [9.17, 15) is 4.79 Å². The van der Waals surface area contributed by atoms with Gasteiger partial charge in [-0.15, -0.1) is 0 Å². The lowest BCUT2D eigenvalue weighted by Gasteiger charge is -2.06. The highest BCUT2D eigenvalue weighted by atomic mass is 16.5. The molecule has 1 amide bonds. The zero-order chi connectivity index (χ0) is 13.9. The minimum Gasteiger partial charge on any atom is -0.399 e. The first-order valence-corrected chi connectivity index (χ1v) is 6.40. The average molecular weight is 266 g/mol. The van der Waals surface area contributed by atoms with Crippen molar-refractivity contribution in [3.8, 4) is 0 Å². The molecule has 19 heavy (non-hydrogen) atoms. The van der Waals surface area contributed by atoms with Crippen molar-refractivity contribution in [1.29, 1.82) is 0 Å². The van der Waals surface area contributed by atoms with Crippen molar-refractivity contribution in [1.82, 2.24) is 5.32 Å². The number of ether oxygens (including phenoxy) is 2. The van der Waals surface area contributed by atoms with Gasteiger partial charge in [0, 0.05) is 25.8 Å². The van der Waals surface area contributed by atoms with Gasteiger partial charge in [-0.1, -0.05) is 12.1 Å². The molecule has 0 fully saturated rings. The van der Waals surface area contributed by atoms with Crippen molar-refractivity contribution in [3.63, 3.8) is 0 Å². The lowest BCUT2D eigenvalue weighted by atomic mass is 10.1. The fraction of sp³-hybridized carbons (Fsp3) is 0.500. The highest BCUT2D eigenvalue weighted by Gasteiger charge is 2.01. The number of hydrogen-bond acceptors (Lipinski definition) is 4. The summed E-state index contributed by atoms with van der Waals surface area (Å²) in [6, 6.07) is 7.66. The van der Waals surface area contributed by atoms with Gasteiger partial charge in [0.2, 0.25) is 5.91 Å². The largest absolute Gasteiger partial charge is 0.399 e. The van der Waals surface area contributed by atoms with Crippen LogP contribution >= 0.6 is 0 Å². The van der Waals surface area contributed by atoms with Gasteiger partial charge in [0.25, 0.3) is 0 Å². The highest BCUT2D eigenvalue weighted by Crippen LogP contribution is 2.05. The summed E-state index contributed by atoms with van der Waals surface area (Å²) in [7, 11) is 1.62. The predicted octanol–water partition coefficient (Wildman–Crippen LogP) is 0.981. The van der Waals surface area contributed by atoms with Gasteiger partial charge in [-0.3, -0.25) is 4.79 Å². The molecule has 5 heteroatoms. The normalized spacial score (nSPS) is 10.4. The molecule has 0 bridgehead atoms. The van der Waals surface area contributed by atoms with Crippen molar-refractivity contribution >= 4 is 11.6 Å². The van der Waals surface area contributed by atoms with E-state index in [1.165, 1.54) is 0 Å². The maximum Gasteiger partial charge on any atom is 0.222 e. The second-order valence-electron chi connectivity index (χ2n) is 4.20. The van der Waals surface area contributed by atoms with Gasteiger partial charge >= 0.3 is 0 Å². The predicted molar refractivity (Wildman–Crippen MR) is 74.9 cm³/mol. The Bertz CT molecular complexity index is 365. The van der Waals surface area contributed by atoms with E-state index >= 15 is 0 Å². The van der Waals surface area contributed by atoms with E-state index in [1.807, 2.05) is 24.3 Å². The third-order valence-electron chi connectivity index (χ3n) is 2.62. The van der Waals surface area contributed by atoms with E-state index in [0.29, 0.717) is 32.8 Å². The van der Waals surface area contributed by atoms with E-state index in [-0.39, 0.29) is 5.91 Å². The fourth-order valence-corrected chi connectivity index (χ4v) is 1.53. The maximum absolute atomic E-state index is 11.5. The molecule has 5 nitrogen and oxygen atoms in total. The number of hydrogen-bond donors (Lipinski definition) is 2. The van der Waals surface area contributed by atoms with Crippen LogP contribution in [0.1, 0.15) is 12.0 Å². The van der Waals surface area contributed by atoms with Crippen LogP contribution < -0.4 is 11.1 Å². The molecular weight excluding hydrogens is 244 g/mol. The van der Waals surface area contributed by atoms with Crippen LogP contribution in [0.3, 0.4) is 0 Å². The Morgan fingerprint density at radius 1 is 1.21 bits per heavy atom. The minimum absolute atomic E-state index is 0.00728. The molecule has 0 aromatic heterocycles. The summed E-state index contributed by atoms with van der Waals surface area (Å²) in [6.07, 6.45) is 1.18. The lowest BCUT2D eigenvalue weighted by Crippen LogP contribution is -2.26. The van der Waals surface area contributed by atoms with Gasteiger partial charge in [0.15, 0.2) is 0 Å². The third kappa shape index (κ3) is 7.43. The van der Waals surface area contributed by atoms with Gasteiger partial charge in [-0.2, -0.15) is 0 Å². The molecule has 1 aromatic rings. The van der Waals surface area contributed by atoms with E-state index < -0.39 is 0 Å². The third-order valence-corrected chi connectivity index (χ3v) is 2.62. The van der Waals surface area contributed by atoms with E-state index in [1.54, 1.807) is 7.11 Å². The summed E-state index contributed by atoms with van der Waals surface area (Å²) in [4.78, 5) is 11.5. The second-order valence-corrected chi connectivity index (χ2v) is 4.20. The quantitative estimate of drug-likeness (QED) is 0.516. The van der Waals surface area contributed by atoms with Gasteiger partial charge in [-0.25, -0.2) is 0 Å². The molecule has 0 saturated carbocycles. The van der Waals surface area contributed by atoms with Crippen LogP contribution in [0, 0.1) is 0 Å². The number of carbonyl (C=O) groups is 1. The zero-order valence-corrected chi connectivity index (χ0v) is 11.4. The molecule has 0 aliphatic heterocycles. The number of benzene rings is 1. The number of nitrogens with two attached hydrogens (primary N) is 1. The molecule has 0 unspecified atom stereocenters. The molecule has 0 radical (unpaired) electrons. The molecule has 0 saturated heterocycles. The average Bonchev–Trinajstić information content (AvgIpc) is 2.41. The molecule has 0 atom stereocenters. The number of rotatable bonds is 9. The molecule has 0 aliphatic rings. The summed E-state index contributed by atoms with van der Waals surface area (Å²) in [5.74, 6) is 0.00728. The van der Waals surface area contributed by atoms with Crippen molar-refractivity contribution in [2.75, 3.05) is 39.2 Å². The number of anilines is 1. The van der Waals surface area contributed by atoms with Gasteiger partial charge in [-0.05, 0) is 24.1 Å². The summed E-state index contributed by atoms with van der Waals surface area (Å²) >= 11 is 0. The Labute approximate surface area is 114 Å². The number of methoxy groups -OCH3 is 1. The van der Waals surface area contributed by atoms with Crippen molar-refractivity contribution in [2.24, 2.45) is 0 Å². The van der Waals surface area contributed by atoms with Gasteiger partial charge in [0.1, 0.15) is 0 Å². The van der Waals surface area contributed by atoms with Gasteiger partial charge < -0.3 is 20.5 Å². The summed E-state index contributed by atoms with van der Waals surface area (Å²) in [5, 5.41) is 2.86. The van der Waals surface area contributed by atoms with Crippen LogP contribution in [0.4, 0.5) is 5.69 Å². The van der Waals surface area contributed by atoms with Crippen LogP contribution in [-0.2, 0) is 20.7 Å². The zero-order valence-electron chi connectivity index (χ0n) is 11.4. The van der Waals surface area contributed by atoms with Crippen LogP contribution in [0.25, 0.3) is 0 Å². The lowest BCUT2D eigenvalue weighted by molar-refractivity contribution is -0.122. The number of nitrogens with one attached hydrogen (secondary N) is 1. The van der Waals surface area contributed by atoms with Crippen LogP contribution in [0.5, 0.6) is 0 Å². The molecule has 1 aromatic carbocycles. The molecular formula is C14H22N2O3. The van der Waals surface area contributed by atoms with Crippen LogP contribution in [0.2, 0.25) is 0 Å². The first kappa shape index (κ1) is 15.5. The molecule has 106 valence electrons. The first-order valence-electron chi connectivity index (χ1n) is 6.40. The summed E-state index contributed by atoms with van der Waals surface area (Å²) in [6.45, 7) is 2.13. The summed E-state index contributed by atoms with van der Waals surface area (Å²) < 4.78 is 10.1. The van der Waals surface area contributed by atoms with E-state index in [4.69, 9.17) is 15.2 Å². The summed E-state index contributed by atoms with van der Waals surface area (Å²) in [5.41, 5.74) is 7.51. The number of amides is 1. The Balaban J connectivity index is 2.05. The van der Waals surface area contributed by atoms with Crippen molar-refractivity contribution in [3.05, 3.63) is 29.8 Å². The Hall–Kier alpha value is -1.59. The molecule has 0 aliphatic carbocycles. The van der Waals surface area contributed by atoms with Crippen LogP contribution in [0.15, 0.2) is 24.3 Å². The topological polar surface area (TPSA) is 73.6 Å². The fourth-order valence-electron chi connectivity index (χ4n) is 1.53. The molecule has 3 N–H and O–H groups in total. The molecule has 0 heterocycles. The smallest absolute Gasteiger partial charge is 0.222 e. The Kier molecular flexibility index (Phi) is 7.62. The monoisotopic (exact) mass is 266 g/mol.